The summed E-state index contributed by atoms with van der Waals surface area (Å²) in [7, 11) is 1.61. The number of rotatable bonds is 9. The summed E-state index contributed by atoms with van der Waals surface area (Å²) in [6.45, 7) is 3.99. The minimum Gasteiger partial charge on any atom is -0.497 e. The Bertz CT molecular complexity index is 1350. The molecule has 4 aromatic rings. The Morgan fingerprint density at radius 3 is 2.22 bits per heavy atom. The molecule has 1 amide bonds. The SMILES string of the molecule is CCC(C)(NC(=O)c1ccc(-c2ccccc2)cc1C=O)c1ccc(Oc2cccc(OC)c2)cc1. The van der Waals surface area contributed by atoms with Crippen molar-refractivity contribution in [3.05, 3.63) is 114 Å². The van der Waals surface area contributed by atoms with Crippen molar-refractivity contribution in [3.8, 4) is 28.4 Å². The van der Waals surface area contributed by atoms with Crippen LogP contribution < -0.4 is 14.8 Å². The van der Waals surface area contributed by atoms with E-state index in [9.17, 15) is 9.59 Å². The van der Waals surface area contributed by atoms with Crippen LogP contribution in [0.15, 0.2) is 97.1 Å². The molecule has 0 spiro atoms. The molecule has 0 aliphatic carbocycles. The van der Waals surface area contributed by atoms with Gasteiger partial charge in [0, 0.05) is 17.2 Å². The summed E-state index contributed by atoms with van der Waals surface area (Å²) in [5, 5.41) is 3.14. The maximum atomic E-state index is 13.3. The smallest absolute Gasteiger partial charge is 0.252 e. The van der Waals surface area contributed by atoms with E-state index in [1.54, 1.807) is 19.2 Å². The fraction of sp³-hybridized carbons (Fsp3) is 0.161. The molecular weight excluding hydrogens is 450 g/mol. The number of aldehydes is 1. The summed E-state index contributed by atoms with van der Waals surface area (Å²) >= 11 is 0. The van der Waals surface area contributed by atoms with E-state index in [2.05, 4.69) is 5.32 Å². The fourth-order valence-electron chi connectivity index (χ4n) is 4.05. The molecule has 0 fully saturated rings. The van der Waals surface area contributed by atoms with Gasteiger partial charge in [0.25, 0.3) is 5.91 Å². The number of hydrogen-bond acceptors (Lipinski definition) is 4. The molecule has 4 aromatic carbocycles. The predicted molar refractivity (Wildman–Crippen MR) is 142 cm³/mol. The Labute approximate surface area is 211 Å². The average molecular weight is 480 g/mol. The first kappa shape index (κ1) is 24.7. The van der Waals surface area contributed by atoms with Crippen LogP contribution in [0.4, 0.5) is 0 Å². The quantitative estimate of drug-likeness (QED) is 0.262. The molecule has 36 heavy (non-hydrogen) atoms. The van der Waals surface area contributed by atoms with Gasteiger partial charge in [-0.2, -0.15) is 0 Å². The third-order valence-corrected chi connectivity index (χ3v) is 6.40. The van der Waals surface area contributed by atoms with Gasteiger partial charge in [-0.15, -0.1) is 0 Å². The third kappa shape index (κ3) is 5.47. The van der Waals surface area contributed by atoms with Crippen LogP contribution in [0.25, 0.3) is 11.1 Å². The highest BCUT2D eigenvalue weighted by Gasteiger charge is 2.28. The molecule has 0 heterocycles. The van der Waals surface area contributed by atoms with Gasteiger partial charge in [0.2, 0.25) is 0 Å². The van der Waals surface area contributed by atoms with Crippen LogP contribution in [0, 0.1) is 0 Å². The van der Waals surface area contributed by atoms with E-state index in [0.29, 0.717) is 29.0 Å². The Morgan fingerprint density at radius 1 is 0.833 bits per heavy atom. The molecule has 182 valence electrons. The lowest BCUT2D eigenvalue weighted by atomic mass is 9.88. The molecule has 1 N–H and O–H groups in total. The standard InChI is InChI=1S/C31H29NO4/c1-4-31(2,25-14-16-26(17-15-25)36-28-12-8-11-27(20-28)35-3)32-30(34)29-18-13-23(19-24(29)21-33)22-9-6-5-7-10-22/h5-21H,4H2,1-3H3,(H,32,34). The van der Waals surface area contributed by atoms with Crippen LogP contribution in [0.1, 0.15) is 46.5 Å². The van der Waals surface area contributed by atoms with E-state index >= 15 is 0 Å². The van der Waals surface area contributed by atoms with Crippen LogP contribution in [0.5, 0.6) is 17.2 Å². The predicted octanol–water partition coefficient (Wildman–Crippen LogP) is 7.02. The Balaban J connectivity index is 1.53. The lowest BCUT2D eigenvalue weighted by molar-refractivity contribution is 0.0897. The van der Waals surface area contributed by atoms with Crippen LogP contribution in [0.2, 0.25) is 0 Å². The highest BCUT2D eigenvalue weighted by atomic mass is 16.5. The Morgan fingerprint density at radius 2 is 1.56 bits per heavy atom. The largest absolute Gasteiger partial charge is 0.497 e. The number of ether oxygens (including phenoxy) is 2. The van der Waals surface area contributed by atoms with Gasteiger partial charge in [0.1, 0.15) is 17.2 Å². The van der Waals surface area contributed by atoms with E-state index in [0.717, 1.165) is 28.7 Å². The zero-order valence-corrected chi connectivity index (χ0v) is 20.7. The molecule has 1 unspecified atom stereocenters. The number of carbonyl (C=O) groups excluding carboxylic acids is 2. The molecule has 5 nitrogen and oxygen atoms in total. The molecule has 0 aliphatic rings. The summed E-state index contributed by atoms with van der Waals surface area (Å²) in [6, 6.07) is 30.1. The van der Waals surface area contributed by atoms with E-state index in [4.69, 9.17) is 9.47 Å². The molecule has 0 aromatic heterocycles. The van der Waals surface area contributed by atoms with Gasteiger partial charge >= 0.3 is 0 Å². The number of nitrogens with one attached hydrogen (secondary N) is 1. The van der Waals surface area contributed by atoms with Crippen LogP contribution in [-0.4, -0.2) is 19.3 Å². The summed E-state index contributed by atoms with van der Waals surface area (Å²) in [5.41, 5.74) is 2.88. The Hall–Kier alpha value is -4.38. The van der Waals surface area contributed by atoms with Crippen molar-refractivity contribution in [2.45, 2.75) is 25.8 Å². The molecule has 0 saturated heterocycles. The highest BCUT2D eigenvalue weighted by Crippen LogP contribution is 2.30. The van der Waals surface area contributed by atoms with Crippen molar-refractivity contribution < 1.29 is 19.1 Å². The second-order valence-electron chi connectivity index (χ2n) is 8.73. The Kier molecular flexibility index (Phi) is 7.50. The van der Waals surface area contributed by atoms with Crippen molar-refractivity contribution in [1.29, 1.82) is 0 Å². The first-order valence-electron chi connectivity index (χ1n) is 11.9. The van der Waals surface area contributed by atoms with Crippen molar-refractivity contribution in [2.24, 2.45) is 0 Å². The topological polar surface area (TPSA) is 64.6 Å². The first-order chi connectivity index (χ1) is 17.5. The van der Waals surface area contributed by atoms with E-state index in [1.807, 2.05) is 98.8 Å². The fourth-order valence-corrected chi connectivity index (χ4v) is 4.05. The molecule has 0 aliphatic heterocycles. The monoisotopic (exact) mass is 479 g/mol. The summed E-state index contributed by atoms with van der Waals surface area (Å²) < 4.78 is 11.2. The number of carbonyl (C=O) groups is 2. The van der Waals surface area contributed by atoms with Crippen molar-refractivity contribution in [2.75, 3.05) is 7.11 Å². The van der Waals surface area contributed by atoms with Crippen molar-refractivity contribution >= 4 is 12.2 Å². The molecule has 0 saturated carbocycles. The number of hydrogen-bond donors (Lipinski definition) is 1. The van der Waals surface area contributed by atoms with Gasteiger partial charge < -0.3 is 14.8 Å². The number of methoxy groups -OCH3 is 1. The van der Waals surface area contributed by atoms with E-state index in [1.165, 1.54) is 0 Å². The zero-order valence-electron chi connectivity index (χ0n) is 20.7. The molecule has 0 radical (unpaired) electrons. The van der Waals surface area contributed by atoms with Crippen LogP contribution in [0.3, 0.4) is 0 Å². The average Bonchev–Trinajstić information content (AvgIpc) is 2.93. The van der Waals surface area contributed by atoms with Crippen molar-refractivity contribution in [1.82, 2.24) is 5.32 Å². The summed E-state index contributed by atoms with van der Waals surface area (Å²) in [5.74, 6) is 1.78. The van der Waals surface area contributed by atoms with Gasteiger partial charge in [-0.25, -0.2) is 0 Å². The third-order valence-electron chi connectivity index (χ3n) is 6.40. The normalized spacial score (nSPS) is 12.3. The number of amides is 1. The second-order valence-corrected chi connectivity index (χ2v) is 8.73. The number of benzene rings is 4. The first-order valence-corrected chi connectivity index (χ1v) is 11.9. The molecule has 4 rings (SSSR count). The van der Waals surface area contributed by atoms with Gasteiger partial charge in [-0.3, -0.25) is 9.59 Å². The maximum absolute atomic E-state index is 13.3. The van der Waals surface area contributed by atoms with Gasteiger partial charge in [-0.05, 0) is 66.4 Å². The second kappa shape index (κ2) is 10.9. The molecule has 1 atom stereocenters. The van der Waals surface area contributed by atoms with Crippen LogP contribution in [-0.2, 0) is 5.54 Å². The highest BCUT2D eigenvalue weighted by molar-refractivity contribution is 6.02. The van der Waals surface area contributed by atoms with Gasteiger partial charge in [0.15, 0.2) is 6.29 Å². The minimum absolute atomic E-state index is 0.294. The van der Waals surface area contributed by atoms with Gasteiger partial charge in [-0.1, -0.05) is 61.5 Å². The summed E-state index contributed by atoms with van der Waals surface area (Å²) in [4.78, 5) is 25.1. The zero-order chi connectivity index (χ0) is 25.5. The molecule has 0 bridgehead atoms. The minimum atomic E-state index is -0.635. The van der Waals surface area contributed by atoms with Crippen LogP contribution >= 0.6 is 0 Å². The van der Waals surface area contributed by atoms with E-state index in [-0.39, 0.29) is 5.91 Å². The van der Waals surface area contributed by atoms with E-state index < -0.39 is 5.54 Å². The van der Waals surface area contributed by atoms with Gasteiger partial charge in [0.05, 0.1) is 12.6 Å². The maximum Gasteiger partial charge on any atom is 0.252 e. The molecule has 5 heteroatoms. The molecular formula is C31H29NO4. The van der Waals surface area contributed by atoms with Crippen molar-refractivity contribution in [3.63, 3.8) is 0 Å². The lowest BCUT2D eigenvalue weighted by Crippen LogP contribution is -2.43. The summed E-state index contributed by atoms with van der Waals surface area (Å²) in [6.07, 6.45) is 1.39. The lowest BCUT2D eigenvalue weighted by Gasteiger charge is -2.31.